The van der Waals surface area contributed by atoms with Gasteiger partial charge in [0.1, 0.15) is 25.3 Å². The van der Waals surface area contributed by atoms with Gasteiger partial charge >= 0.3 is 12.2 Å². The van der Waals surface area contributed by atoms with Crippen molar-refractivity contribution in [2.75, 3.05) is 36.9 Å². The number of carbonyl (C=O) groups excluding carboxylic acids is 4. The van der Waals surface area contributed by atoms with Crippen LogP contribution >= 0.6 is 0 Å². The van der Waals surface area contributed by atoms with Crippen LogP contribution in [0.4, 0.5) is 21.0 Å². The number of nitrogens with zero attached hydrogens (tertiary/aromatic N) is 2. The van der Waals surface area contributed by atoms with Crippen LogP contribution in [0.1, 0.15) is 48.9 Å². The Morgan fingerprint density at radius 2 is 0.946 bits per heavy atom. The molecule has 0 bridgehead atoms. The molecule has 2 aliphatic rings. The van der Waals surface area contributed by atoms with E-state index in [1.807, 2.05) is 135 Å². The zero-order chi connectivity index (χ0) is 39.3. The van der Waals surface area contributed by atoms with E-state index in [-0.39, 0.29) is 50.3 Å². The molecule has 0 radical (unpaired) electrons. The fraction of sp³-hybridized carbons (Fsp3) is 0.318. The van der Waals surface area contributed by atoms with E-state index in [1.54, 1.807) is 0 Å². The SMILES string of the molecule is CCO[C@H]1C[C@@H](C(=O)Nc2ccc(C=Cc3ccc(NC(=O)[C@@H]4C[C@H](OCC)CN4C(=O)OCc4ccccc4)cc3)cc2)N(C(=O)OCc2ccccc2)C1. The number of hydrogen-bond acceptors (Lipinski definition) is 8. The molecule has 12 heteroatoms. The first-order valence-corrected chi connectivity index (χ1v) is 19.0. The van der Waals surface area contributed by atoms with Crippen molar-refractivity contribution >= 4 is 47.5 Å². The summed E-state index contributed by atoms with van der Waals surface area (Å²) in [7, 11) is 0. The molecule has 56 heavy (non-hydrogen) atoms. The summed E-state index contributed by atoms with van der Waals surface area (Å²) < 4.78 is 22.6. The summed E-state index contributed by atoms with van der Waals surface area (Å²) in [5.74, 6) is -0.617. The third-order valence-electron chi connectivity index (χ3n) is 9.64. The molecule has 4 atom stereocenters. The summed E-state index contributed by atoms with van der Waals surface area (Å²) in [4.78, 5) is 55.7. The van der Waals surface area contributed by atoms with Crippen LogP contribution in [0.2, 0.25) is 0 Å². The number of ether oxygens (including phenoxy) is 4. The maximum Gasteiger partial charge on any atom is 0.410 e. The van der Waals surface area contributed by atoms with Crippen LogP contribution in [0.25, 0.3) is 12.2 Å². The predicted octanol–water partition coefficient (Wildman–Crippen LogP) is 7.37. The van der Waals surface area contributed by atoms with Gasteiger partial charge in [-0.05, 0) is 60.4 Å². The minimum Gasteiger partial charge on any atom is -0.445 e. The fourth-order valence-electron chi connectivity index (χ4n) is 6.81. The Morgan fingerprint density at radius 1 is 0.571 bits per heavy atom. The maximum atomic E-state index is 13.4. The number of amides is 4. The first-order valence-electron chi connectivity index (χ1n) is 19.0. The van der Waals surface area contributed by atoms with Crippen molar-refractivity contribution in [3.05, 3.63) is 131 Å². The number of nitrogens with one attached hydrogen (secondary N) is 2. The van der Waals surface area contributed by atoms with Gasteiger partial charge in [-0.3, -0.25) is 19.4 Å². The smallest absolute Gasteiger partial charge is 0.410 e. The molecule has 4 aromatic rings. The van der Waals surface area contributed by atoms with E-state index in [1.165, 1.54) is 9.80 Å². The molecule has 2 N–H and O–H groups in total. The molecule has 6 rings (SSSR count). The second kappa shape index (κ2) is 19.6. The summed E-state index contributed by atoms with van der Waals surface area (Å²) in [6, 6.07) is 32.1. The molecule has 2 aliphatic heterocycles. The maximum absolute atomic E-state index is 13.4. The summed E-state index contributed by atoms with van der Waals surface area (Å²) in [5.41, 5.74) is 4.75. The lowest BCUT2D eigenvalue weighted by Crippen LogP contribution is -2.43. The third kappa shape index (κ3) is 10.8. The van der Waals surface area contributed by atoms with Gasteiger partial charge in [-0.2, -0.15) is 0 Å². The lowest BCUT2D eigenvalue weighted by Gasteiger charge is -2.23. The zero-order valence-corrected chi connectivity index (χ0v) is 31.7. The van der Waals surface area contributed by atoms with Gasteiger partial charge < -0.3 is 29.6 Å². The van der Waals surface area contributed by atoms with Crippen molar-refractivity contribution in [3.63, 3.8) is 0 Å². The van der Waals surface area contributed by atoms with Crippen molar-refractivity contribution < 1.29 is 38.1 Å². The largest absolute Gasteiger partial charge is 0.445 e. The number of likely N-dealkylation sites (tertiary alicyclic amines) is 2. The lowest BCUT2D eigenvalue weighted by atomic mass is 10.1. The van der Waals surface area contributed by atoms with E-state index >= 15 is 0 Å². The van der Waals surface area contributed by atoms with Crippen LogP contribution in [0, 0.1) is 0 Å². The van der Waals surface area contributed by atoms with E-state index < -0.39 is 24.3 Å². The molecule has 2 heterocycles. The number of hydrogen-bond donors (Lipinski definition) is 2. The third-order valence-corrected chi connectivity index (χ3v) is 9.64. The van der Waals surface area contributed by atoms with Crippen molar-refractivity contribution in [1.82, 2.24) is 9.80 Å². The average molecular weight is 761 g/mol. The Balaban J connectivity index is 1.01. The monoisotopic (exact) mass is 760 g/mol. The Hall–Kier alpha value is -5.98. The number of rotatable bonds is 14. The zero-order valence-electron chi connectivity index (χ0n) is 31.7. The van der Waals surface area contributed by atoms with Gasteiger partial charge in [0, 0.05) is 37.4 Å². The molecule has 4 amide bonds. The van der Waals surface area contributed by atoms with E-state index in [0.29, 0.717) is 37.4 Å². The Morgan fingerprint density at radius 3 is 1.30 bits per heavy atom. The first-order chi connectivity index (χ1) is 27.3. The Kier molecular flexibility index (Phi) is 13.9. The second-order valence-electron chi connectivity index (χ2n) is 13.6. The van der Waals surface area contributed by atoms with Gasteiger partial charge in [0.25, 0.3) is 0 Å². The molecule has 0 aliphatic carbocycles. The quantitative estimate of drug-likeness (QED) is 0.127. The van der Waals surface area contributed by atoms with Crippen LogP contribution < -0.4 is 10.6 Å². The molecule has 2 saturated heterocycles. The van der Waals surface area contributed by atoms with Crippen LogP contribution in [0.5, 0.6) is 0 Å². The van der Waals surface area contributed by atoms with Gasteiger partial charge in [0.05, 0.1) is 25.3 Å². The van der Waals surface area contributed by atoms with Crippen LogP contribution in [-0.4, -0.2) is 84.4 Å². The average Bonchev–Trinajstić information content (AvgIpc) is 3.86. The van der Waals surface area contributed by atoms with E-state index in [9.17, 15) is 19.2 Å². The van der Waals surface area contributed by atoms with E-state index in [0.717, 1.165) is 22.3 Å². The van der Waals surface area contributed by atoms with Crippen molar-refractivity contribution in [2.45, 2.75) is 64.2 Å². The van der Waals surface area contributed by atoms with Gasteiger partial charge in [-0.25, -0.2) is 9.59 Å². The number of anilines is 2. The number of benzene rings is 4. The van der Waals surface area contributed by atoms with E-state index in [2.05, 4.69) is 10.6 Å². The Labute approximate surface area is 327 Å². The van der Waals surface area contributed by atoms with Crippen LogP contribution in [0.15, 0.2) is 109 Å². The fourth-order valence-corrected chi connectivity index (χ4v) is 6.81. The highest BCUT2D eigenvalue weighted by molar-refractivity contribution is 5.98. The van der Waals surface area contributed by atoms with Crippen molar-refractivity contribution in [2.24, 2.45) is 0 Å². The molecule has 4 aromatic carbocycles. The highest BCUT2D eigenvalue weighted by atomic mass is 16.6. The summed E-state index contributed by atoms with van der Waals surface area (Å²) >= 11 is 0. The van der Waals surface area contributed by atoms with Crippen LogP contribution in [-0.2, 0) is 41.8 Å². The number of carbonyl (C=O) groups is 4. The van der Waals surface area contributed by atoms with E-state index in [4.69, 9.17) is 18.9 Å². The summed E-state index contributed by atoms with van der Waals surface area (Å²) in [6.07, 6.45) is 3.01. The molecule has 292 valence electrons. The Bertz CT molecular complexity index is 1800. The lowest BCUT2D eigenvalue weighted by molar-refractivity contribution is -0.120. The minimum absolute atomic E-state index is 0.115. The predicted molar refractivity (Wildman–Crippen MR) is 213 cm³/mol. The molecule has 0 spiro atoms. The summed E-state index contributed by atoms with van der Waals surface area (Å²) in [5, 5.41) is 5.88. The molecular weight excluding hydrogens is 713 g/mol. The van der Waals surface area contributed by atoms with Gasteiger partial charge in [-0.1, -0.05) is 97.1 Å². The van der Waals surface area contributed by atoms with Gasteiger partial charge in [0.2, 0.25) is 11.8 Å². The topological polar surface area (TPSA) is 136 Å². The molecule has 0 saturated carbocycles. The van der Waals surface area contributed by atoms with Gasteiger partial charge in [-0.15, -0.1) is 0 Å². The normalized spacial score (nSPS) is 19.2. The van der Waals surface area contributed by atoms with Crippen molar-refractivity contribution in [1.29, 1.82) is 0 Å². The standard InChI is InChI=1S/C44H48N4O8/c1-3-53-37-25-39(47(27-37)43(51)55-29-33-11-7-5-8-12-33)41(49)45-35-21-17-31(18-22-35)15-16-32-19-23-36(24-20-32)46-42(50)40-26-38(54-4-2)28-48(40)44(52)56-30-34-13-9-6-10-14-34/h5-24,37-40H,3-4,25-30H2,1-2H3,(H,45,49)(H,46,50)/t37-,38-,39-,40-/m0/s1. The highest BCUT2D eigenvalue weighted by Gasteiger charge is 2.42. The molecule has 0 unspecified atom stereocenters. The summed E-state index contributed by atoms with van der Waals surface area (Å²) in [6.45, 7) is 5.51. The van der Waals surface area contributed by atoms with Gasteiger partial charge in [0.15, 0.2) is 0 Å². The van der Waals surface area contributed by atoms with Crippen molar-refractivity contribution in [3.8, 4) is 0 Å². The molecule has 0 aromatic heterocycles. The minimum atomic E-state index is -0.729. The molecule has 2 fully saturated rings. The molecular formula is C44H48N4O8. The first kappa shape index (κ1) is 39.7. The highest BCUT2D eigenvalue weighted by Crippen LogP contribution is 2.26. The second-order valence-corrected chi connectivity index (χ2v) is 13.6. The molecule has 12 nitrogen and oxygen atoms in total. The van der Waals surface area contributed by atoms with Crippen LogP contribution in [0.3, 0.4) is 0 Å².